The molecule has 0 saturated carbocycles. The van der Waals surface area contributed by atoms with Gasteiger partial charge in [-0.2, -0.15) is 0 Å². The topological polar surface area (TPSA) is 6.48 Å². The van der Waals surface area contributed by atoms with Crippen molar-refractivity contribution in [2.45, 2.75) is 64.1 Å². The third-order valence-corrected chi connectivity index (χ3v) is 4.15. The maximum absolute atomic E-state index is 3.87. The van der Waals surface area contributed by atoms with Crippen molar-refractivity contribution >= 4 is 0 Å². The lowest BCUT2D eigenvalue weighted by Crippen LogP contribution is -2.51. The maximum Gasteiger partial charge on any atom is 0.0235 e. The van der Waals surface area contributed by atoms with Crippen LogP contribution in [0.4, 0.5) is 0 Å². The Kier molecular flexibility index (Phi) is 4.43. The number of allylic oxidation sites excluding steroid dienone is 1. The van der Waals surface area contributed by atoms with Crippen molar-refractivity contribution in [3.63, 3.8) is 0 Å². The van der Waals surface area contributed by atoms with Gasteiger partial charge in [-0.3, -0.25) is 4.90 Å². The highest BCUT2D eigenvalue weighted by molar-refractivity contribution is 5.03. The van der Waals surface area contributed by atoms with E-state index in [2.05, 4.69) is 64.2 Å². The zero-order chi connectivity index (χ0) is 13.3. The summed E-state index contributed by atoms with van der Waals surface area (Å²) in [6.45, 7) is 14.5. The molecular weight excluding hydrogens is 208 g/mol. The van der Waals surface area contributed by atoms with Crippen LogP contribution in [0.1, 0.15) is 47.0 Å². The minimum absolute atomic E-state index is 0.251. The van der Waals surface area contributed by atoms with Gasteiger partial charge in [-0.25, -0.2) is 0 Å². The molecule has 2 heteroatoms. The molecule has 0 amide bonds. The molecule has 2 atom stereocenters. The van der Waals surface area contributed by atoms with E-state index >= 15 is 0 Å². The van der Waals surface area contributed by atoms with E-state index in [4.69, 9.17) is 0 Å². The molecule has 0 radical (unpaired) electrons. The van der Waals surface area contributed by atoms with Crippen molar-refractivity contribution in [3.05, 3.63) is 12.7 Å². The summed E-state index contributed by atoms with van der Waals surface area (Å²) in [6.07, 6.45) is 5.65. The highest BCUT2D eigenvalue weighted by atomic mass is 15.3. The summed E-state index contributed by atoms with van der Waals surface area (Å²) in [5.74, 6) is 0. The Hall–Kier alpha value is -0.340. The quantitative estimate of drug-likeness (QED) is 0.694. The third kappa shape index (κ3) is 3.32. The van der Waals surface area contributed by atoms with Gasteiger partial charge in [0, 0.05) is 23.7 Å². The Morgan fingerprint density at radius 2 is 2.00 bits per heavy atom. The van der Waals surface area contributed by atoms with Gasteiger partial charge in [-0.1, -0.05) is 6.08 Å². The van der Waals surface area contributed by atoms with Gasteiger partial charge < -0.3 is 4.90 Å². The van der Waals surface area contributed by atoms with Crippen LogP contribution in [0.5, 0.6) is 0 Å². The van der Waals surface area contributed by atoms with Gasteiger partial charge in [0.2, 0.25) is 0 Å². The number of hydrogen-bond donors (Lipinski definition) is 0. The molecule has 0 aromatic heterocycles. The lowest BCUT2D eigenvalue weighted by molar-refractivity contribution is 0.0491. The first-order chi connectivity index (χ1) is 7.70. The van der Waals surface area contributed by atoms with Gasteiger partial charge in [0.25, 0.3) is 0 Å². The second-order valence-electron chi connectivity index (χ2n) is 6.93. The molecule has 0 aromatic carbocycles. The van der Waals surface area contributed by atoms with E-state index in [1.54, 1.807) is 0 Å². The van der Waals surface area contributed by atoms with Crippen molar-refractivity contribution < 1.29 is 0 Å². The van der Waals surface area contributed by atoms with E-state index in [1.165, 1.54) is 19.4 Å². The minimum Gasteiger partial charge on any atom is -0.305 e. The van der Waals surface area contributed by atoms with Crippen LogP contribution < -0.4 is 0 Å². The van der Waals surface area contributed by atoms with Crippen molar-refractivity contribution in [3.8, 4) is 0 Å². The fourth-order valence-electron chi connectivity index (χ4n) is 3.19. The van der Waals surface area contributed by atoms with Gasteiger partial charge in [-0.15, -0.1) is 6.58 Å². The Bertz CT molecular complexity index is 265. The van der Waals surface area contributed by atoms with E-state index < -0.39 is 0 Å². The van der Waals surface area contributed by atoms with Crippen molar-refractivity contribution in [1.82, 2.24) is 9.80 Å². The lowest BCUT2D eigenvalue weighted by atomic mass is 9.88. The summed E-state index contributed by atoms with van der Waals surface area (Å²) >= 11 is 0. The van der Waals surface area contributed by atoms with Crippen LogP contribution in [-0.2, 0) is 0 Å². The smallest absolute Gasteiger partial charge is 0.0235 e. The van der Waals surface area contributed by atoms with Crippen molar-refractivity contribution in [2.75, 3.05) is 20.6 Å². The number of nitrogens with zero attached hydrogens (tertiary/aromatic N) is 2. The molecular formula is C15H30N2. The zero-order valence-electron chi connectivity index (χ0n) is 12.6. The Morgan fingerprint density at radius 3 is 2.41 bits per heavy atom. The Morgan fingerprint density at radius 1 is 1.41 bits per heavy atom. The van der Waals surface area contributed by atoms with E-state index in [1.807, 2.05) is 0 Å². The second kappa shape index (κ2) is 5.11. The van der Waals surface area contributed by atoms with Crippen LogP contribution in [0.2, 0.25) is 0 Å². The van der Waals surface area contributed by atoms with Crippen molar-refractivity contribution in [1.29, 1.82) is 0 Å². The summed E-state index contributed by atoms with van der Waals surface area (Å²) < 4.78 is 0. The molecule has 1 aliphatic rings. The largest absolute Gasteiger partial charge is 0.305 e. The van der Waals surface area contributed by atoms with Crippen LogP contribution in [0, 0.1) is 0 Å². The van der Waals surface area contributed by atoms with Crippen LogP contribution in [0.3, 0.4) is 0 Å². The van der Waals surface area contributed by atoms with Gasteiger partial charge in [0.05, 0.1) is 0 Å². The maximum atomic E-state index is 3.87. The summed E-state index contributed by atoms with van der Waals surface area (Å²) in [7, 11) is 4.40. The fourth-order valence-corrected chi connectivity index (χ4v) is 3.19. The first-order valence-corrected chi connectivity index (χ1v) is 6.76. The molecule has 1 saturated heterocycles. The van der Waals surface area contributed by atoms with Gasteiger partial charge in [0.1, 0.15) is 0 Å². The molecule has 1 aliphatic heterocycles. The molecule has 0 spiro atoms. The van der Waals surface area contributed by atoms with Crippen LogP contribution in [-0.4, -0.2) is 47.6 Å². The molecule has 17 heavy (non-hydrogen) atoms. The van der Waals surface area contributed by atoms with E-state index in [-0.39, 0.29) is 5.54 Å². The van der Waals surface area contributed by atoms with Gasteiger partial charge >= 0.3 is 0 Å². The molecule has 1 rings (SSSR count). The number of rotatable bonds is 4. The highest BCUT2D eigenvalue weighted by Gasteiger charge is 2.46. The Balaban J connectivity index is 2.87. The van der Waals surface area contributed by atoms with E-state index in [0.717, 1.165) is 6.42 Å². The molecule has 100 valence electrons. The molecule has 2 unspecified atom stereocenters. The standard InChI is InChI=1S/C15H30N2/c1-8-9-10-15(5)11-13(16(6)7)12-17(15)14(2,3)4/h8,13H,1,9-12H2,2-7H3. The predicted octanol–water partition coefficient (Wildman–Crippen LogP) is 3.15. The predicted molar refractivity (Wildman–Crippen MR) is 76.4 cm³/mol. The monoisotopic (exact) mass is 238 g/mol. The molecule has 0 N–H and O–H groups in total. The third-order valence-electron chi connectivity index (χ3n) is 4.15. The summed E-state index contributed by atoms with van der Waals surface area (Å²) in [5, 5.41) is 0. The molecule has 2 nitrogen and oxygen atoms in total. The average molecular weight is 238 g/mol. The number of likely N-dealkylation sites (N-methyl/N-ethyl adjacent to an activating group) is 1. The first kappa shape index (κ1) is 14.7. The average Bonchev–Trinajstić information content (AvgIpc) is 2.54. The second-order valence-corrected chi connectivity index (χ2v) is 6.93. The molecule has 1 heterocycles. The van der Waals surface area contributed by atoms with Crippen molar-refractivity contribution in [2.24, 2.45) is 0 Å². The lowest BCUT2D eigenvalue weighted by Gasteiger charge is -2.44. The summed E-state index contributed by atoms with van der Waals surface area (Å²) in [4.78, 5) is 5.06. The van der Waals surface area contributed by atoms with E-state index in [9.17, 15) is 0 Å². The summed E-state index contributed by atoms with van der Waals surface area (Å²) in [5.41, 5.74) is 0.571. The minimum atomic E-state index is 0.251. The zero-order valence-corrected chi connectivity index (χ0v) is 12.6. The number of likely N-dealkylation sites (tertiary alicyclic amines) is 1. The molecule has 1 fully saturated rings. The molecule has 0 aromatic rings. The molecule has 0 bridgehead atoms. The summed E-state index contributed by atoms with van der Waals surface area (Å²) in [6, 6.07) is 0.684. The van der Waals surface area contributed by atoms with Crippen LogP contribution in [0.25, 0.3) is 0 Å². The molecule has 0 aliphatic carbocycles. The van der Waals surface area contributed by atoms with Crippen LogP contribution >= 0.6 is 0 Å². The van der Waals surface area contributed by atoms with Gasteiger partial charge in [-0.05, 0) is 61.1 Å². The normalized spacial score (nSPS) is 31.1. The first-order valence-electron chi connectivity index (χ1n) is 6.76. The van der Waals surface area contributed by atoms with E-state index in [0.29, 0.717) is 11.6 Å². The fraction of sp³-hybridized carbons (Fsp3) is 0.867. The van der Waals surface area contributed by atoms with Crippen LogP contribution in [0.15, 0.2) is 12.7 Å². The Labute approximate surface area is 108 Å². The highest BCUT2D eigenvalue weighted by Crippen LogP contribution is 2.39. The SMILES string of the molecule is C=CCCC1(C)CC(N(C)C)CN1C(C)(C)C. The van der Waals surface area contributed by atoms with Gasteiger partial charge in [0.15, 0.2) is 0 Å². The number of hydrogen-bond acceptors (Lipinski definition) is 2.